The van der Waals surface area contributed by atoms with Crippen LogP contribution in [0.5, 0.6) is 0 Å². The van der Waals surface area contributed by atoms with E-state index in [-0.39, 0.29) is 12.2 Å². The summed E-state index contributed by atoms with van der Waals surface area (Å²) in [6.07, 6.45) is 1.44. The van der Waals surface area contributed by atoms with Crippen molar-refractivity contribution in [3.8, 4) is 11.1 Å². The first kappa shape index (κ1) is 11.3. The number of nitrogens with zero attached hydrogens (tertiary/aromatic N) is 1. The SMILES string of the molecule is O=C(O)Cc1cc(-c2ccc(F)cc2)ccn1. The predicted octanol–water partition coefficient (Wildman–Crippen LogP) is 2.51. The lowest BCUT2D eigenvalue weighted by Crippen LogP contribution is -2.02. The van der Waals surface area contributed by atoms with Gasteiger partial charge in [-0.1, -0.05) is 12.1 Å². The molecule has 86 valence electrons. The Kier molecular flexibility index (Phi) is 3.14. The van der Waals surface area contributed by atoms with E-state index in [2.05, 4.69) is 4.98 Å². The minimum atomic E-state index is -0.922. The molecule has 2 aromatic rings. The molecule has 0 spiro atoms. The van der Waals surface area contributed by atoms with E-state index in [9.17, 15) is 9.18 Å². The van der Waals surface area contributed by atoms with E-state index in [1.807, 2.05) is 0 Å². The fourth-order valence-electron chi connectivity index (χ4n) is 1.55. The van der Waals surface area contributed by atoms with Crippen molar-refractivity contribution in [1.29, 1.82) is 0 Å². The van der Waals surface area contributed by atoms with Crippen LogP contribution in [0, 0.1) is 5.82 Å². The van der Waals surface area contributed by atoms with Gasteiger partial charge in [0.2, 0.25) is 0 Å². The van der Waals surface area contributed by atoms with Crippen LogP contribution in [-0.2, 0) is 11.2 Å². The van der Waals surface area contributed by atoms with Crippen molar-refractivity contribution in [1.82, 2.24) is 4.98 Å². The third kappa shape index (κ3) is 2.87. The first-order valence-electron chi connectivity index (χ1n) is 5.08. The molecule has 3 nitrogen and oxygen atoms in total. The van der Waals surface area contributed by atoms with Crippen LogP contribution in [0.25, 0.3) is 11.1 Å². The van der Waals surface area contributed by atoms with Crippen LogP contribution in [-0.4, -0.2) is 16.1 Å². The van der Waals surface area contributed by atoms with Gasteiger partial charge in [0.1, 0.15) is 5.82 Å². The Morgan fingerprint density at radius 1 is 1.18 bits per heavy atom. The molecule has 0 radical (unpaired) electrons. The number of aliphatic carboxylic acids is 1. The number of halogens is 1. The maximum atomic E-state index is 12.8. The van der Waals surface area contributed by atoms with Crippen molar-refractivity contribution in [3.05, 3.63) is 54.1 Å². The van der Waals surface area contributed by atoms with Crippen LogP contribution in [0.3, 0.4) is 0 Å². The number of hydrogen-bond acceptors (Lipinski definition) is 2. The lowest BCUT2D eigenvalue weighted by Gasteiger charge is -2.03. The van der Waals surface area contributed by atoms with Crippen molar-refractivity contribution in [2.24, 2.45) is 0 Å². The Labute approximate surface area is 97.6 Å². The maximum Gasteiger partial charge on any atom is 0.309 e. The van der Waals surface area contributed by atoms with E-state index in [4.69, 9.17) is 5.11 Å². The highest BCUT2D eigenvalue weighted by molar-refractivity contribution is 5.71. The van der Waals surface area contributed by atoms with Gasteiger partial charge in [-0.3, -0.25) is 9.78 Å². The Morgan fingerprint density at radius 3 is 2.53 bits per heavy atom. The van der Waals surface area contributed by atoms with Crippen LogP contribution < -0.4 is 0 Å². The molecule has 0 atom stereocenters. The van der Waals surface area contributed by atoms with E-state index in [1.165, 1.54) is 12.1 Å². The molecule has 1 aromatic heterocycles. The minimum Gasteiger partial charge on any atom is -0.481 e. The van der Waals surface area contributed by atoms with Crippen LogP contribution in [0.2, 0.25) is 0 Å². The second-order valence-electron chi connectivity index (χ2n) is 3.61. The first-order valence-corrected chi connectivity index (χ1v) is 5.08. The molecule has 0 aliphatic carbocycles. The molecule has 0 aliphatic heterocycles. The van der Waals surface area contributed by atoms with E-state index >= 15 is 0 Å². The standard InChI is InChI=1S/C13H10FNO2/c14-11-3-1-9(2-4-11)10-5-6-15-12(7-10)8-13(16)17/h1-7H,8H2,(H,16,17). The van der Waals surface area contributed by atoms with Gasteiger partial charge in [0.25, 0.3) is 0 Å². The average molecular weight is 231 g/mol. The highest BCUT2D eigenvalue weighted by Crippen LogP contribution is 2.19. The van der Waals surface area contributed by atoms with Gasteiger partial charge in [-0.25, -0.2) is 4.39 Å². The molecule has 2 rings (SSSR count). The van der Waals surface area contributed by atoms with E-state index in [0.29, 0.717) is 5.69 Å². The summed E-state index contributed by atoms with van der Waals surface area (Å²) < 4.78 is 12.8. The van der Waals surface area contributed by atoms with Crippen LogP contribution in [0.4, 0.5) is 4.39 Å². The van der Waals surface area contributed by atoms with Crippen molar-refractivity contribution in [2.45, 2.75) is 6.42 Å². The third-order valence-corrected chi connectivity index (χ3v) is 2.33. The number of aromatic nitrogens is 1. The molecule has 0 fully saturated rings. The summed E-state index contributed by atoms with van der Waals surface area (Å²) >= 11 is 0. The zero-order chi connectivity index (χ0) is 12.3. The summed E-state index contributed by atoms with van der Waals surface area (Å²) in [4.78, 5) is 14.5. The summed E-state index contributed by atoms with van der Waals surface area (Å²) in [6.45, 7) is 0. The second-order valence-corrected chi connectivity index (χ2v) is 3.61. The predicted molar refractivity (Wildman–Crippen MR) is 61.0 cm³/mol. The molecule has 0 saturated carbocycles. The highest BCUT2D eigenvalue weighted by Gasteiger charge is 2.04. The third-order valence-electron chi connectivity index (χ3n) is 2.33. The molecule has 4 heteroatoms. The maximum absolute atomic E-state index is 12.8. The number of benzene rings is 1. The van der Waals surface area contributed by atoms with Gasteiger partial charge in [0.05, 0.1) is 12.1 Å². The van der Waals surface area contributed by atoms with Crippen LogP contribution in [0.15, 0.2) is 42.6 Å². The van der Waals surface area contributed by atoms with Gasteiger partial charge in [-0.05, 0) is 35.4 Å². The molecule has 0 aliphatic rings. The van der Waals surface area contributed by atoms with Gasteiger partial charge in [0.15, 0.2) is 0 Å². The van der Waals surface area contributed by atoms with E-state index < -0.39 is 5.97 Å². The van der Waals surface area contributed by atoms with E-state index in [1.54, 1.807) is 30.5 Å². The fourth-order valence-corrected chi connectivity index (χ4v) is 1.55. The summed E-state index contributed by atoms with van der Waals surface area (Å²) in [7, 11) is 0. The van der Waals surface area contributed by atoms with E-state index in [0.717, 1.165) is 11.1 Å². The topological polar surface area (TPSA) is 50.2 Å². The zero-order valence-electron chi connectivity index (χ0n) is 8.93. The molecule has 0 saturated heterocycles. The molecule has 1 heterocycles. The van der Waals surface area contributed by atoms with Crippen molar-refractivity contribution >= 4 is 5.97 Å². The van der Waals surface area contributed by atoms with Crippen LogP contribution >= 0.6 is 0 Å². The molecule has 1 aromatic carbocycles. The molecular weight excluding hydrogens is 221 g/mol. The second kappa shape index (κ2) is 4.74. The zero-order valence-corrected chi connectivity index (χ0v) is 8.93. The summed E-state index contributed by atoms with van der Waals surface area (Å²) in [6, 6.07) is 9.49. The Hall–Kier alpha value is -2.23. The quantitative estimate of drug-likeness (QED) is 0.883. The van der Waals surface area contributed by atoms with Crippen molar-refractivity contribution in [2.75, 3.05) is 0 Å². The summed E-state index contributed by atoms with van der Waals surface area (Å²) in [5.74, 6) is -1.22. The number of carboxylic acids is 1. The van der Waals surface area contributed by atoms with Gasteiger partial charge in [0, 0.05) is 6.20 Å². The van der Waals surface area contributed by atoms with Gasteiger partial charge >= 0.3 is 5.97 Å². The van der Waals surface area contributed by atoms with Crippen LogP contribution in [0.1, 0.15) is 5.69 Å². The van der Waals surface area contributed by atoms with Gasteiger partial charge in [-0.2, -0.15) is 0 Å². The molecule has 0 bridgehead atoms. The molecule has 0 amide bonds. The lowest BCUT2D eigenvalue weighted by atomic mass is 10.1. The number of carbonyl (C=O) groups is 1. The first-order chi connectivity index (χ1) is 8.15. The Morgan fingerprint density at radius 2 is 1.88 bits per heavy atom. The number of pyridine rings is 1. The normalized spacial score (nSPS) is 10.2. The molecular formula is C13H10FNO2. The fraction of sp³-hybridized carbons (Fsp3) is 0.0769. The number of rotatable bonds is 3. The molecule has 1 N–H and O–H groups in total. The number of hydrogen-bond donors (Lipinski definition) is 1. The number of carboxylic acid groups (broad SMARTS) is 1. The average Bonchev–Trinajstić information content (AvgIpc) is 2.29. The monoisotopic (exact) mass is 231 g/mol. The summed E-state index contributed by atoms with van der Waals surface area (Å²) in [5, 5.41) is 8.68. The highest BCUT2D eigenvalue weighted by atomic mass is 19.1. The van der Waals surface area contributed by atoms with Gasteiger partial charge in [-0.15, -0.1) is 0 Å². The smallest absolute Gasteiger partial charge is 0.309 e. The van der Waals surface area contributed by atoms with Gasteiger partial charge < -0.3 is 5.11 Å². The van der Waals surface area contributed by atoms with Crippen molar-refractivity contribution < 1.29 is 14.3 Å². The minimum absolute atomic E-state index is 0.116. The lowest BCUT2D eigenvalue weighted by molar-refractivity contribution is -0.136. The Bertz CT molecular complexity index is 537. The Balaban J connectivity index is 2.32. The molecule has 17 heavy (non-hydrogen) atoms. The summed E-state index contributed by atoms with van der Waals surface area (Å²) in [5.41, 5.74) is 2.15. The van der Waals surface area contributed by atoms with Crippen molar-refractivity contribution in [3.63, 3.8) is 0 Å². The largest absolute Gasteiger partial charge is 0.481 e. The molecule has 0 unspecified atom stereocenters.